The van der Waals surface area contributed by atoms with Gasteiger partial charge in [-0.15, -0.1) is 0 Å². The highest BCUT2D eigenvalue weighted by molar-refractivity contribution is 4.77. The Morgan fingerprint density at radius 3 is 2.44 bits per heavy atom. The molecular weight excluding hydrogens is 204 g/mol. The summed E-state index contributed by atoms with van der Waals surface area (Å²) in [6, 6.07) is 0.646. The number of rotatable bonds is 7. The lowest BCUT2D eigenvalue weighted by Gasteiger charge is -2.30. The fourth-order valence-electron chi connectivity index (χ4n) is 2.21. The average Bonchev–Trinajstić information content (AvgIpc) is 2.58. The molecule has 1 rings (SSSR count). The van der Waals surface area contributed by atoms with Crippen molar-refractivity contribution < 1.29 is 9.47 Å². The Hall–Kier alpha value is -0.160. The third-order valence-corrected chi connectivity index (χ3v) is 3.20. The molecule has 0 radical (unpaired) electrons. The van der Waals surface area contributed by atoms with Gasteiger partial charge in [0.2, 0.25) is 0 Å². The van der Waals surface area contributed by atoms with Gasteiger partial charge in [-0.2, -0.15) is 0 Å². The lowest BCUT2D eigenvalue weighted by Crippen LogP contribution is -2.44. The minimum absolute atomic E-state index is 0.646. The second-order valence-electron chi connectivity index (χ2n) is 4.38. The molecule has 0 aliphatic carbocycles. The zero-order chi connectivity index (χ0) is 11.6. The second-order valence-corrected chi connectivity index (χ2v) is 4.38. The summed E-state index contributed by atoms with van der Waals surface area (Å²) in [5.74, 6) is 0. The molecule has 0 spiro atoms. The molecule has 0 bridgehead atoms. The van der Waals surface area contributed by atoms with Crippen LogP contribution in [-0.2, 0) is 9.47 Å². The van der Waals surface area contributed by atoms with Crippen LogP contribution in [0.15, 0.2) is 0 Å². The Labute approximate surface area is 99.3 Å². The zero-order valence-corrected chi connectivity index (χ0v) is 10.7. The molecule has 1 atom stereocenters. The van der Waals surface area contributed by atoms with Crippen LogP contribution in [0.4, 0.5) is 0 Å². The lowest BCUT2D eigenvalue weighted by molar-refractivity contribution is 0.0853. The summed E-state index contributed by atoms with van der Waals surface area (Å²) in [5, 5.41) is 3.51. The minimum atomic E-state index is 0.646. The summed E-state index contributed by atoms with van der Waals surface area (Å²) in [6.07, 6.45) is 3.92. The van der Waals surface area contributed by atoms with Gasteiger partial charge in [0, 0.05) is 39.9 Å². The van der Waals surface area contributed by atoms with Crippen molar-refractivity contribution in [2.45, 2.75) is 25.3 Å². The molecule has 4 nitrogen and oxygen atoms in total. The van der Waals surface area contributed by atoms with Gasteiger partial charge in [0.25, 0.3) is 0 Å². The van der Waals surface area contributed by atoms with Crippen LogP contribution in [0.5, 0.6) is 0 Å². The largest absolute Gasteiger partial charge is 0.383 e. The van der Waals surface area contributed by atoms with Gasteiger partial charge in [-0.25, -0.2) is 0 Å². The Balaban J connectivity index is 2.37. The third kappa shape index (κ3) is 5.25. The first-order chi connectivity index (χ1) is 7.88. The molecule has 1 heterocycles. The van der Waals surface area contributed by atoms with Crippen LogP contribution in [0, 0.1) is 0 Å². The van der Waals surface area contributed by atoms with E-state index < -0.39 is 0 Å². The lowest BCUT2D eigenvalue weighted by atomic mass is 10.1. The van der Waals surface area contributed by atoms with Crippen LogP contribution in [0.3, 0.4) is 0 Å². The van der Waals surface area contributed by atoms with Crippen LogP contribution in [0.1, 0.15) is 19.3 Å². The van der Waals surface area contributed by atoms with Crippen molar-refractivity contribution in [1.29, 1.82) is 0 Å². The molecule has 1 N–H and O–H groups in total. The molecule has 16 heavy (non-hydrogen) atoms. The molecule has 1 aliphatic heterocycles. The predicted octanol–water partition coefficient (Wildman–Crippen LogP) is 0.723. The van der Waals surface area contributed by atoms with E-state index in [2.05, 4.69) is 10.2 Å². The van der Waals surface area contributed by atoms with Crippen molar-refractivity contribution in [3.05, 3.63) is 0 Å². The summed E-state index contributed by atoms with van der Waals surface area (Å²) in [7, 11) is 3.53. The van der Waals surface area contributed by atoms with Gasteiger partial charge < -0.3 is 14.8 Å². The number of hydrogen-bond acceptors (Lipinski definition) is 4. The van der Waals surface area contributed by atoms with Crippen LogP contribution >= 0.6 is 0 Å². The Morgan fingerprint density at radius 1 is 1.12 bits per heavy atom. The summed E-state index contributed by atoms with van der Waals surface area (Å²) < 4.78 is 10.3. The quantitative estimate of drug-likeness (QED) is 0.699. The normalized spacial score (nSPS) is 22.3. The Bertz CT molecular complexity index is 151. The molecule has 0 amide bonds. The molecular formula is C12H26N2O2. The van der Waals surface area contributed by atoms with Crippen molar-refractivity contribution >= 4 is 0 Å². The van der Waals surface area contributed by atoms with Crippen LogP contribution in [-0.4, -0.2) is 64.6 Å². The highest BCUT2D eigenvalue weighted by atomic mass is 16.5. The van der Waals surface area contributed by atoms with Gasteiger partial charge in [-0.1, -0.05) is 6.42 Å². The van der Waals surface area contributed by atoms with E-state index in [1.807, 2.05) is 0 Å². The maximum Gasteiger partial charge on any atom is 0.0589 e. The monoisotopic (exact) mass is 230 g/mol. The van der Waals surface area contributed by atoms with Gasteiger partial charge >= 0.3 is 0 Å². The van der Waals surface area contributed by atoms with E-state index in [1.165, 1.54) is 25.8 Å². The van der Waals surface area contributed by atoms with Gasteiger partial charge in [0.15, 0.2) is 0 Å². The van der Waals surface area contributed by atoms with E-state index in [4.69, 9.17) is 9.47 Å². The molecule has 1 saturated heterocycles. The van der Waals surface area contributed by atoms with Gasteiger partial charge in [0.05, 0.1) is 13.2 Å². The minimum Gasteiger partial charge on any atom is -0.383 e. The highest BCUT2D eigenvalue weighted by Gasteiger charge is 2.19. The molecule has 1 aliphatic rings. The summed E-state index contributed by atoms with van der Waals surface area (Å²) >= 11 is 0. The number of hydrogen-bond donors (Lipinski definition) is 1. The smallest absolute Gasteiger partial charge is 0.0589 e. The Kier molecular flexibility index (Phi) is 7.76. The molecule has 0 aromatic heterocycles. The first-order valence-corrected chi connectivity index (χ1v) is 6.31. The zero-order valence-electron chi connectivity index (χ0n) is 10.7. The maximum atomic E-state index is 5.17. The molecule has 0 aromatic carbocycles. The number of nitrogens with zero attached hydrogens (tertiary/aromatic N) is 1. The molecule has 4 heteroatoms. The van der Waals surface area contributed by atoms with E-state index in [0.717, 1.165) is 32.8 Å². The van der Waals surface area contributed by atoms with E-state index in [9.17, 15) is 0 Å². The van der Waals surface area contributed by atoms with Crippen LogP contribution in [0.2, 0.25) is 0 Å². The molecule has 1 fully saturated rings. The Morgan fingerprint density at radius 2 is 1.81 bits per heavy atom. The van der Waals surface area contributed by atoms with E-state index in [1.54, 1.807) is 14.2 Å². The standard InChI is InChI=1S/C12H26N2O2/c1-15-9-7-14(8-10-16-2)12-5-3-4-6-13-11-12/h12-13H,3-11H2,1-2H3. The van der Waals surface area contributed by atoms with Gasteiger partial charge in [-0.3, -0.25) is 4.90 Å². The van der Waals surface area contributed by atoms with E-state index in [0.29, 0.717) is 6.04 Å². The summed E-state index contributed by atoms with van der Waals surface area (Å²) in [4.78, 5) is 2.49. The maximum absolute atomic E-state index is 5.17. The summed E-state index contributed by atoms with van der Waals surface area (Å²) in [5.41, 5.74) is 0. The van der Waals surface area contributed by atoms with Crippen molar-refractivity contribution in [2.75, 3.05) is 53.6 Å². The topological polar surface area (TPSA) is 33.7 Å². The third-order valence-electron chi connectivity index (χ3n) is 3.20. The highest BCUT2D eigenvalue weighted by Crippen LogP contribution is 2.11. The van der Waals surface area contributed by atoms with Gasteiger partial charge in [-0.05, 0) is 19.4 Å². The summed E-state index contributed by atoms with van der Waals surface area (Å²) in [6.45, 7) is 5.89. The van der Waals surface area contributed by atoms with Crippen molar-refractivity contribution in [1.82, 2.24) is 10.2 Å². The second kappa shape index (κ2) is 8.93. The number of methoxy groups -OCH3 is 2. The van der Waals surface area contributed by atoms with Gasteiger partial charge in [0.1, 0.15) is 0 Å². The molecule has 96 valence electrons. The van der Waals surface area contributed by atoms with Crippen molar-refractivity contribution in [3.8, 4) is 0 Å². The molecule has 1 unspecified atom stereocenters. The van der Waals surface area contributed by atoms with Crippen LogP contribution < -0.4 is 5.32 Å². The number of nitrogens with one attached hydrogen (secondary N) is 1. The SMILES string of the molecule is COCCN(CCOC)C1CCCCNC1. The van der Waals surface area contributed by atoms with Crippen molar-refractivity contribution in [2.24, 2.45) is 0 Å². The number of ether oxygens (including phenoxy) is 2. The predicted molar refractivity (Wildman–Crippen MR) is 65.8 cm³/mol. The fraction of sp³-hybridized carbons (Fsp3) is 1.00. The van der Waals surface area contributed by atoms with Crippen molar-refractivity contribution in [3.63, 3.8) is 0 Å². The first-order valence-electron chi connectivity index (χ1n) is 6.31. The molecule has 0 saturated carbocycles. The van der Waals surface area contributed by atoms with E-state index in [-0.39, 0.29) is 0 Å². The average molecular weight is 230 g/mol. The molecule has 0 aromatic rings. The fourth-order valence-corrected chi connectivity index (χ4v) is 2.21. The van der Waals surface area contributed by atoms with Crippen LogP contribution in [0.25, 0.3) is 0 Å². The van der Waals surface area contributed by atoms with E-state index >= 15 is 0 Å². The first kappa shape index (κ1) is 13.9.